The normalized spacial score (nSPS) is 19.7. The van der Waals surface area contributed by atoms with E-state index in [1.165, 1.54) is 13.0 Å². The van der Waals surface area contributed by atoms with E-state index in [-0.39, 0.29) is 0 Å². The summed E-state index contributed by atoms with van der Waals surface area (Å²) >= 11 is 0. The Morgan fingerprint density at radius 3 is 2.87 bits per heavy atom. The van der Waals surface area contributed by atoms with Crippen LogP contribution in [0.4, 0.5) is 5.95 Å². The van der Waals surface area contributed by atoms with Crippen LogP contribution in [-0.2, 0) is 0 Å². The fraction of sp³-hybridized carbons (Fsp3) is 0.478. The van der Waals surface area contributed by atoms with Gasteiger partial charge < -0.3 is 19.7 Å². The summed E-state index contributed by atoms with van der Waals surface area (Å²) in [6.45, 7) is 5.53. The minimum Gasteiger partial charge on any atom is -0.497 e. The van der Waals surface area contributed by atoms with Crippen molar-refractivity contribution < 1.29 is 9.47 Å². The third kappa shape index (κ3) is 3.81. The monoisotopic (exact) mass is 407 g/mol. The van der Waals surface area contributed by atoms with Crippen molar-refractivity contribution in [1.29, 1.82) is 0 Å². The second kappa shape index (κ2) is 8.14. The van der Waals surface area contributed by atoms with E-state index in [0.29, 0.717) is 12.1 Å². The minimum absolute atomic E-state index is 0.292. The maximum Gasteiger partial charge on any atom is 0.228 e. The van der Waals surface area contributed by atoms with E-state index in [0.717, 1.165) is 66.6 Å². The number of anilines is 1. The third-order valence-electron chi connectivity index (χ3n) is 6.01. The summed E-state index contributed by atoms with van der Waals surface area (Å²) in [4.78, 5) is 2.48. The first-order chi connectivity index (χ1) is 14.7. The van der Waals surface area contributed by atoms with Crippen LogP contribution in [0.2, 0.25) is 0 Å². The molecule has 2 fully saturated rings. The summed E-state index contributed by atoms with van der Waals surface area (Å²) in [5, 5.41) is 12.8. The first-order valence-electron chi connectivity index (χ1n) is 10.9. The zero-order chi connectivity index (χ0) is 20.5. The lowest BCUT2D eigenvalue weighted by molar-refractivity contribution is 0.226. The molecule has 7 nitrogen and oxygen atoms in total. The van der Waals surface area contributed by atoms with Crippen molar-refractivity contribution in [3.8, 4) is 22.8 Å². The molecule has 3 aromatic rings. The highest BCUT2D eigenvalue weighted by atomic mass is 16.5. The Morgan fingerprint density at radius 1 is 1.17 bits per heavy atom. The maximum atomic E-state index is 6.18. The molecule has 0 unspecified atom stereocenters. The first-order valence-corrected chi connectivity index (χ1v) is 10.9. The molecule has 0 bridgehead atoms. The second-order valence-electron chi connectivity index (χ2n) is 8.19. The largest absolute Gasteiger partial charge is 0.497 e. The van der Waals surface area contributed by atoms with Crippen molar-refractivity contribution in [1.82, 2.24) is 19.5 Å². The summed E-state index contributed by atoms with van der Waals surface area (Å²) in [6.07, 6.45) is 6.89. The quantitative estimate of drug-likeness (QED) is 0.642. The zero-order valence-corrected chi connectivity index (χ0v) is 17.7. The fourth-order valence-electron chi connectivity index (χ4n) is 4.18. The highest BCUT2D eigenvalue weighted by molar-refractivity contribution is 5.82. The highest BCUT2D eigenvalue weighted by Gasteiger charge is 2.26. The first kappa shape index (κ1) is 19.2. The number of benzene rings is 1. The van der Waals surface area contributed by atoms with E-state index >= 15 is 0 Å². The van der Waals surface area contributed by atoms with Crippen LogP contribution >= 0.6 is 0 Å². The van der Waals surface area contributed by atoms with Crippen molar-refractivity contribution in [3.05, 3.63) is 36.5 Å². The molecule has 2 aliphatic rings. The summed E-state index contributed by atoms with van der Waals surface area (Å²) in [5.74, 6) is 2.38. The average molecular weight is 408 g/mol. The predicted molar refractivity (Wildman–Crippen MR) is 117 cm³/mol. The molecule has 0 spiro atoms. The smallest absolute Gasteiger partial charge is 0.228 e. The van der Waals surface area contributed by atoms with Gasteiger partial charge in [-0.05, 0) is 63.0 Å². The molecule has 1 atom stereocenters. The molecule has 5 rings (SSSR count). The maximum absolute atomic E-state index is 6.18. The van der Waals surface area contributed by atoms with Crippen LogP contribution in [0.3, 0.4) is 0 Å². The molecule has 158 valence electrons. The van der Waals surface area contributed by atoms with Gasteiger partial charge in [-0.15, -0.1) is 10.2 Å². The number of aromatic nitrogens is 3. The number of nitrogens with zero attached hydrogens (tertiary/aromatic N) is 4. The van der Waals surface area contributed by atoms with Gasteiger partial charge in [0.2, 0.25) is 5.95 Å². The minimum atomic E-state index is 0.292. The molecular weight excluding hydrogens is 378 g/mol. The predicted octanol–water partition coefficient (Wildman–Crippen LogP) is 3.84. The van der Waals surface area contributed by atoms with Gasteiger partial charge in [0, 0.05) is 30.4 Å². The van der Waals surface area contributed by atoms with Gasteiger partial charge in [0.25, 0.3) is 0 Å². The van der Waals surface area contributed by atoms with Crippen LogP contribution < -0.4 is 14.8 Å². The van der Waals surface area contributed by atoms with E-state index in [9.17, 15) is 0 Å². The van der Waals surface area contributed by atoms with Gasteiger partial charge >= 0.3 is 0 Å². The number of likely N-dealkylation sites (N-methyl/N-ethyl adjacent to an activating group) is 1. The molecule has 1 saturated carbocycles. The fourth-order valence-corrected chi connectivity index (χ4v) is 4.18. The number of hydrogen-bond donors (Lipinski definition) is 1. The zero-order valence-electron chi connectivity index (χ0n) is 17.7. The molecule has 3 heterocycles. The van der Waals surface area contributed by atoms with Crippen molar-refractivity contribution in [2.45, 2.75) is 44.8 Å². The number of nitrogens with one attached hydrogen (secondary N) is 1. The lowest BCUT2D eigenvalue weighted by atomic mass is 10.1. The van der Waals surface area contributed by atoms with Crippen LogP contribution in [0.25, 0.3) is 16.8 Å². The Hall–Kier alpha value is -2.80. The van der Waals surface area contributed by atoms with Gasteiger partial charge in [-0.25, -0.2) is 0 Å². The van der Waals surface area contributed by atoms with Gasteiger partial charge in [0.1, 0.15) is 17.2 Å². The summed E-state index contributed by atoms with van der Waals surface area (Å²) < 4.78 is 13.7. The number of likely N-dealkylation sites (tertiary alicyclic amines) is 1. The van der Waals surface area contributed by atoms with E-state index < -0.39 is 0 Å². The van der Waals surface area contributed by atoms with Crippen molar-refractivity contribution in [2.75, 3.05) is 32.1 Å². The number of fused-ring (bicyclic) bond motifs is 1. The number of ether oxygens (including phenoxy) is 2. The van der Waals surface area contributed by atoms with Crippen LogP contribution in [0.5, 0.6) is 11.5 Å². The van der Waals surface area contributed by atoms with Gasteiger partial charge in [0.15, 0.2) is 0 Å². The molecule has 1 saturated heterocycles. The van der Waals surface area contributed by atoms with Crippen molar-refractivity contribution in [3.63, 3.8) is 0 Å². The molecule has 1 aliphatic carbocycles. The second-order valence-corrected chi connectivity index (χ2v) is 8.19. The average Bonchev–Trinajstić information content (AvgIpc) is 3.45. The Bertz CT molecular complexity index is 1030. The van der Waals surface area contributed by atoms with Crippen LogP contribution in [0.15, 0.2) is 36.5 Å². The molecule has 30 heavy (non-hydrogen) atoms. The molecule has 1 aliphatic heterocycles. The number of rotatable bonds is 7. The molecule has 1 N–H and O–H groups in total. The molecule has 7 heteroatoms. The molecule has 0 amide bonds. The van der Waals surface area contributed by atoms with Gasteiger partial charge in [0.05, 0.1) is 18.7 Å². The van der Waals surface area contributed by atoms with Gasteiger partial charge in [-0.2, -0.15) is 0 Å². The number of methoxy groups -OCH3 is 1. The van der Waals surface area contributed by atoms with E-state index in [1.54, 1.807) is 7.11 Å². The Morgan fingerprint density at radius 2 is 2.07 bits per heavy atom. The SMILES string of the molecule is CCN1CCC[C@@H](Nc2nnc(-c3ccc(OC)cc3OC3CC3)c3cccn23)C1. The van der Waals surface area contributed by atoms with Crippen molar-refractivity contribution >= 4 is 11.5 Å². The Balaban J connectivity index is 1.48. The lowest BCUT2D eigenvalue weighted by Crippen LogP contribution is -2.42. The van der Waals surface area contributed by atoms with E-state index in [4.69, 9.17) is 9.47 Å². The van der Waals surface area contributed by atoms with Gasteiger partial charge in [-0.3, -0.25) is 4.40 Å². The third-order valence-corrected chi connectivity index (χ3v) is 6.01. The van der Waals surface area contributed by atoms with Crippen molar-refractivity contribution in [2.24, 2.45) is 0 Å². The van der Waals surface area contributed by atoms with Crippen LogP contribution in [0.1, 0.15) is 32.6 Å². The van der Waals surface area contributed by atoms with E-state index in [2.05, 4.69) is 37.8 Å². The molecule has 2 aromatic heterocycles. The summed E-state index contributed by atoms with van der Waals surface area (Å²) in [5.41, 5.74) is 2.78. The standard InChI is InChI=1S/C23H29N5O2/c1-3-27-12-4-6-16(15-27)24-23-26-25-22(20-7-5-13-28(20)23)19-11-10-18(29-2)14-21(19)30-17-8-9-17/h5,7,10-11,13-14,16-17H,3-4,6,8-9,12,15H2,1-2H3,(H,24,26)/t16-/m1/s1. The van der Waals surface area contributed by atoms with Gasteiger partial charge in [-0.1, -0.05) is 6.92 Å². The highest BCUT2D eigenvalue weighted by Crippen LogP contribution is 2.38. The Kier molecular flexibility index (Phi) is 5.21. The lowest BCUT2D eigenvalue weighted by Gasteiger charge is -2.32. The molecule has 1 aromatic carbocycles. The van der Waals surface area contributed by atoms with E-state index in [1.807, 2.05) is 30.5 Å². The topological polar surface area (TPSA) is 63.9 Å². The molecular formula is C23H29N5O2. The number of hydrogen-bond acceptors (Lipinski definition) is 6. The summed E-state index contributed by atoms with van der Waals surface area (Å²) in [6, 6.07) is 10.4. The van der Waals surface area contributed by atoms with Crippen LogP contribution in [-0.4, -0.2) is 58.4 Å². The molecule has 0 radical (unpaired) electrons. The number of piperidine rings is 1. The Labute approximate surface area is 177 Å². The summed E-state index contributed by atoms with van der Waals surface area (Å²) in [7, 11) is 1.67. The van der Waals surface area contributed by atoms with Crippen LogP contribution in [0, 0.1) is 0 Å².